The van der Waals surface area contributed by atoms with Crippen LogP contribution in [0.15, 0.2) is 0 Å². The molecule has 1 spiro atoms. The van der Waals surface area contributed by atoms with Crippen molar-refractivity contribution in [2.75, 3.05) is 26.3 Å². The lowest BCUT2D eigenvalue weighted by atomic mass is 9.78. The van der Waals surface area contributed by atoms with E-state index in [1.54, 1.807) is 4.90 Å². The normalized spacial score (nSPS) is 31.8. The predicted molar refractivity (Wildman–Crippen MR) is 70.9 cm³/mol. The molecule has 0 aromatic heterocycles. The van der Waals surface area contributed by atoms with Crippen LogP contribution in [0.1, 0.15) is 40.0 Å². The van der Waals surface area contributed by atoms with Crippen molar-refractivity contribution in [3.05, 3.63) is 0 Å². The molecule has 2 aliphatic rings. The number of hydrogen-bond donors (Lipinski definition) is 1. The third-order valence-electron chi connectivity index (χ3n) is 3.80. The number of carbonyl (C=O) groups is 1. The molecule has 2 heterocycles. The van der Waals surface area contributed by atoms with Gasteiger partial charge in [0.2, 0.25) is 0 Å². The zero-order valence-corrected chi connectivity index (χ0v) is 12.1. The number of carbonyl (C=O) groups excluding carboxylic acids is 1. The molecule has 1 amide bonds. The summed E-state index contributed by atoms with van der Waals surface area (Å²) >= 11 is 0. The summed E-state index contributed by atoms with van der Waals surface area (Å²) in [5, 5.41) is 9.18. The molecule has 5 heteroatoms. The molecule has 0 radical (unpaired) electrons. The minimum atomic E-state index is -0.457. The second-order valence-electron chi connectivity index (χ2n) is 6.83. The number of hydrogen-bond acceptors (Lipinski definition) is 4. The Bertz CT molecular complexity index is 339. The van der Waals surface area contributed by atoms with Crippen molar-refractivity contribution in [1.82, 2.24) is 4.90 Å². The van der Waals surface area contributed by atoms with Crippen LogP contribution in [-0.2, 0) is 9.47 Å². The summed E-state index contributed by atoms with van der Waals surface area (Å²) < 4.78 is 11.0. The number of ether oxygens (including phenoxy) is 2. The number of amides is 1. The third-order valence-corrected chi connectivity index (χ3v) is 3.80. The van der Waals surface area contributed by atoms with Gasteiger partial charge in [0.1, 0.15) is 5.60 Å². The minimum absolute atomic E-state index is 0.0164. The first-order chi connectivity index (χ1) is 8.84. The number of rotatable bonds is 1. The van der Waals surface area contributed by atoms with Crippen LogP contribution < -0.4 is 0 Å². The summed E-state index contributed by atoms with van der Waals surface area (Å²) in [5.74, 6) is 0. The maximum atomic E-state index is 12.1. The van der Waals surface area contributed by atoms with Crippen molar-refractivity contribution in [3.8, 4) is 0 Å². The molecule has 0 saturated carbocycles. The van der Waals surface area contributed by atoms with Gasteiger partial charge in [-0.3, -0.25) is 0 Å². The molecule has 2 saturated heterocycles. The molecule has 0 aromatic rings. The lowest BCUT2D eigenvalue weighted by Crippen LogP contribution is -2.48. The highest BCUT2D eigenvalue weighted by atomic mass is 16.6. The molecule has 0 bridgehead atoms. The molecular formula is C14H25NO4. The second kappa shape index (κ2) is 5.29. The van der Waals surface area contributed by atoms with Crippen LogP contribution in [0.5, 0.6) is 0 Å². The van der Waals surface area contributed by atoms with Crippen molar-refractivity contribution < 1.29 is 19.4 Å². The van der Waals surface area contributed by atoms with E-state index in [0.29, 0.717) is 13.2 Å². The fraction of sp³-hybridized carbons (Fsp3) is 0.929. The highest BCUT2D eigenvalue weighted by Crippen LogP contribution is 2.40. The zero-order chi connectivity index (χ0) is 14.1. The predicted octanol–water partition coefficient (Wildman–Crippen LogP) is 1.78. The number of nitrogens with zero attached hydrogens (tertiary/aromatic N) is 1. The number of aliphatic hydroxyl groups excluding tert-OH is 1. The van der Waals surface area contributed by atoms with Crippen molar-refractivity contribution in [2.24, 2.45) is 5.41 Å². The van der Waals surface area contributed by atoms with Crippen molar-refractivity contribution in [1.29, 1.82) is 0 Å². The van der Waals surface area contributed by atoms with E-state index in [1.807, 2.05) is 20.8 Å². The molecule has 1 N–H and O–H groups in total. The van der Waals surface area contributed by atoms with Crippen LogP contribution in [0.4, 0.5) is 4.79 Å². The molecule has 0 unspecified atom stereocenters. The van der Waals surface area contributed by atoms with Crippen molar-refractivity contribution >= 4 is 6.09 Å². The van der Waals surface area contributed by atoms with E-state index < -0.39 is 5.60 Å². The van der Waals surface area contributed by atoms with E-state index in [0.717, 1.165) is 25.8 Å². The maximum absolute atomic E-state index is 12.1. The Morgan fingerprint density at radius 1 is 1.53 bits per heavy atom. The quantitative estimate of drug-likeness (QED) is 0.790. The van der Waals surface area contributed by atoms with E-state index in [-0.39, 0.29) is 24.2 Å². The van der Waals surface area contributed by atoms with Gasteiger partial charge in [0.15, 0.2) is 0 Å². The smallest absolute Gasteiger partial charge is 0.410 e. The van der Waals surface area contributed by atoms with E-state index in [4.69, 9.17) is 9.47 Å². The van der Waals surface area contributed by atoms with E-state index in [2.05, 4.69) is 0 Å². The molecular weight excluding hydrogens is 246 g/mol. The lowest BCUT2D eigenvalue weighted by molar-refractivity contribution is 0.000839. The maximum Gasteiger partial charge on any atom is 0.410 e. The second-order valence-corrected chi connectivity index (χ2v) is 6.83. The summed E-state index contributed by atoms with van der Waals surface area (Å²) in [6, 6.07) is 0. The van der Waals surface area contributed by atoms with Crippen molar-refractivity contribution in [2.45, 2.75) is 51.7 Å². The highest BCUT2D eigenvalue weighted by Gasteiger charge is 2.44. The zero-order valence-electron chi connectivity index (χ0n) is 12.1. The summed E-state index contributed by atoms with van der Waals surface area (Å²) in [5.41, 5.74) is -0.440. The summed E-state index contributed by atoms with van der Waals surface area (Å²) in [6.45, 7) is 7.77. The fourth-order valence-electron chi connectivity index (χ4n) is 2.99. The average Bonchev–Trinajstić information content (AvgIpc) is 2.70. The highest BCUT2D eigenvalue weighted by molar-refractivity contribution is 5.68. The van der Waals surface area contributed by atoms with Gasteiger partial charge >= 0.3 is 6.09 Å². The Hall–Kier alpha value is -0.810. The monoisotopic (exact) mass is 271 g/mol. The van der Waals surface area contributed by atoms with Gasteiger partial charge in [0.05, 0.1) is 19.3 Å². The molecule has 2 aliphatic heterocycles. The number of likely N-dealkylation sites (tertiary alicyclic amines) is 1. The van der Waals surface area contributed by atoms with Crippen molar-refractivity contribution in [3.63, 3.8) is 0 Å². The molecule has 19 heavy (non-hydrogen) atoms. The van der Waals surface area contributed by atoms with Crippen LogP contribution in [0.3, 0.4) is 0 Å². The minimum Gasteiger partial charge on any atom is -0.444 e. The SMILES string of the molecule is CC(C)(C)OC(=O)N1CCC[C@@]2(CO[C@@H](CO)C2)C1. The molecule has 2 rings (SSSR count). The molecule has 110 valence electrons. The van der Waals surface area contributed by atoms with Gasteiger partial charge in [-0.05, 0) is 40.0 Å². The van der Waals surface area contributed by atoms with Gasteiger partial charge in [-0.1, -0.05) is 0 Å². The first-order valence-electron chi connectivity index (χ1n) is 7.04. The average molecular weight is 271 g/mol. The molecule has 2 atom stereocenters. The van der Waals surface area contributed by atoms with Crippen LogP contribution in [0.2, 0.25) is 0 Å². The standard InChI is InChI=1S/C14H25NO4/c1-13(2,3)19-12(17)15-6-4-5-14(9-15)7-11(8-16)18-10-14/h11,16H,4-10H2,1-3H3/t11-,14+/m1/s1. The fourth-order valence-corrected chi connectivity index (χ4v) is 2.99. The van der Waals surface area contributed by atoms with E-state index in [1.165, 1.54) is 0 Å². The van der Waals surface area contributed by atoms with Gasteiger partial charge in [-0.25, -0.2) is 4.79 Å². The molecule has 2 fully saturated rings. The van der Waals surface area contributed by atoms with Gasteiger partial charge in [-0.2, -0.15) is 0 Å². The first kappa shape index (κ1) is 14.6. The van der Waals surface area contributed by atoms with Crippen LogP contribution in [-0.4, -0.2) is 54.1 Å². The van der Waals surface area contributed by atoms with Gasteiger partial charge in [0.25, 0.3) is 0 Å². The van der Waals surface area contributed by atoms with Crippen LogP contribution >= 0.6 is 0 Å². The van der Waals surface area contributed by atoms with Crippen LogP contribution in [0, 0.1) is 5.41 Å². The number of aliphatic hydroxyl groups is 1. The van der Waals surface area contributed by atoms with Gasteiger partial charge in [-0.15, -0.1) is 0 Å². The largest absolute Gasteiger partial charge is 0.444 e. The summed E-state index contributed by atoms with van der Waals surface area (Å²) in [6.07, 6.45) is 2.56. The van der Waals surface area contributed by atoms with E-state index >= 15 is 0 Å². The van der Waals surface area contributed by atoms with Gasteiger partial charge < -0.3 is 19.5 Å². The number of piperidine rings is 1. The summed E-state index contributed by atoms with van der Waals surface area (Å²) in [4.78, 5) is 13.9. The lowest BCUT2D eigenvalue weighted by Gasteiger charge is -2.39. The molecule has 0 aromatic carbocycles. The summed E-state index contributed by atoms with van der Waals surface area (Å²) in [7, 11) is 0. The Kier molecular flexibility index (Phi) is 4.06. The van der Waals surface area contributed by atoms with Gasteiger partial charge in [0, 0.05) is 18.5 Å². The van der Waals surface area contributed by atoms with Crippen LogP contribution in [0.25, 0.3) is 0 Å². The Morgan fingerprint density at radius 2 is 2.26 bits per heavy atom. The Labute approximate surface area is 114 Å². The topological polar surface area (TPSA) is 59.0 Å². The Morgan fingerprint density at radius 3 is 2.84 bits per heavy atom. The van der Waals surface area contributed by atoms with E-state index in [9.17, 15) is 9.90 Å². The molecule has 0 aliphatic carbocycles. The first-order valence-corrected chi connectivity index (χ1v) is 7.04. The third kappa shape index (κ3) is 3.60. The molecule has 5 nitrogen and oxygen atoms in total. The Balaban J connectivity index is 1.96.